The van der Waals surface area contributed by atoms with E-state index in [9.17, 15) is 0 Å². The van der Waals surface area contributed by atoms with Gasteiger partial charge < -0.3 is 0 Å². The summed E-state index contributed by atoms with van der Waals surface area (Å²) in [5.74, 6) is 3.12. The van der Waals surface area contributed by atoms with E-state index in [0.717, 1.165) is 12.3 Å². The second-order valence-electron chi connectivity index (χ2n) is 3.41. The summed E-state index contributed by atoms with van der Waals surface area (Å²) in [6.45, 7) is 4.47. The molecule has 1 aliphatic rings. The Hall–Kier alpha value is -0.160. The molecule has 0 amide bonds. The highest BCUT2D eigenvalue weighted by Crippen LogP contribution is 2.42. The standard InChI is InChI=1S/C8H13NS/c1-7-5-10-6-8(7,2)3-4-9/h7H,3,5-6H2,1-2H3/t7-,8?/m0/s1. The first-order valence-corrected chi connectivity index (χ1v) is 4.79. The van der Waals surface area contributed by atoms with E-state index in [1.165, 1.54) is 11.5 Å². The van der Waals surface area contributed by atoms with E-state index in [1.54, 1.807) is 0 Å². The second-order valence-corrected chi connectivity index (χ2v) is 4.44. The van der Waals surface area contributed by atoms with Crippen LogP contribution in [-0.4, -0.2) is 11.5 Å². The average molecular weight is 155 g/mol. The van der Waals surface area contributed by atoms with Gasteiger partial charge in [0.25, 0.3) is 0 Å². The van der Waals surface area contributed by atoms with Crippen molar-refractivity contribution in [3.05, 3.63) is 0 Å². The molecule has 10 heavy (non-hydrogen) atoms. The van der Waals surface area contributed by atoms with Crippen LogP contribution in [0.1, 0.15) is 20.3 Å². The SMILES string of the molecule is C[C@H]1CSCC1(C)CC#N. The van der Waals surface area contributed by atoms with E-state index in [-0.39, 0.29) is 0 Å². The number of nitrogens with zero attached hydrogens (tertiary/aromatic N) is 1. The van der Waals surface area contributed by atoms with Gasteiger partial charge in [0, 0.05) is 6.42 Å². The molecule has 1 fully saturated rings. The zero-order valence-corrected chi connectivity index (χ0v) is 7.37. The lowest BCUT2D eigenvalue weighted by molar-refractivity contribution is 0.285. The maximum atomic E-state index is 8.55. The Morgan fingerprint density at radius 2 is 2.50 bits per heavy atom. The van der Waals surface area contributed by atoms with Gasteiger partial charge in [0.05, 0.1) is 6.07 Å². The first-order chi connectivity index (χ1) is 4.69. The predicted molar refractivity (Wildman–Crippen MR) is 44.8 cm³/mol. The average Bonchev–Trinajstić information content (AvgIpc) is 2.15. The van der Waals surface area contributed by atoms with E-state index in [4.69, 9.17) is 5.26 Å². The van der Waals surface area contributed by atoms with Crippen LogP contribution in [0.15, 0.2) is 0 Å². The molecule has 0 aliphatic carbocycles. The van der Waals surface area contributed by atoms with Gasteiger partial charge in [-0.2, -0.15) is 17.0 Å². The molecule has 0 spiro atoms. The lowest BCUT2D eigenvalue weighted by Gasteiger charge is -2.24. The first kappa shape index (κ1) is 7.94. The molecule has 1 heterocycles. The molecule has 2 heteroatoms. The summed E-state index contributed by atoms with van der Waals surface area (Å²) >= 11 is 1.98. The minimum Gasteiger partial charge on any atom is -0.198 e. The number of thioether (sulfide) groups is 1. The Bertz CT molecular complexity index is 161. The molecule has 0 aromatic carbocycles. The van der Waals surface area contributed by atoms with Crippen LogP contribution in [0.4, 0.5) is 0 Å². The largest absolute Gasteiger partial charge is 0.198 e. The van der Waals surface area contributed by atoms with Gasteiger partial charge >= 0.3 is 0 Å². The van der Waals surface area contributed by atoms with E-state index < -0.39 is 0 Å². The van der Waals surface area contributed by atoms with E-state index >= 15 is 0 Å². The molecule has 1 aliphatic heterocycles. The van der Waals surface area contributed by atoms with Crippen molar-refractivity contribution < 1.29 is 0 Å². The maximum absolute atomic E-state index is 8.55. The highest BCUT2D eigenvalue weighted by molar-refractivity contribution is 7.99. The number of rotatable bonds is 1. The molecule has 2 atom stereocenters. The van der Waals surface area contributed by atoms with Crippen LogP contribution < -0.4 is 0 Å². The Morgan fingerprint density at radius 1 is 1.80 bits per heavy atom. The Kier molecular flexibility index (Phi) is 2.25. The van der Waals surface area contributed by atoms with Crippen molar-refractivity contribution >= 4 is 11.8 Å². The molecule has 0 N–H and O–H groups in total. The van der Waals surface area contributed by atoms with E-state index in [2.05, 4.69) is 19.9 Å². The molecule has 1 nitrogen and oxygen atoms in total. The molecule has 1 saturated heterocycles. The van der Waals surface area contributed by atoms with Gasteiger partial charge in [-0.15, -0.1) is 0 Å². The minimum absolute atomic E-state index is 0.305. The summed E-state index contributed by atoms with van der Waals surface area (Å²) in [5.41, 5.74) is 0.305. The van der Waals surface area contributed by atoms with Crippen LogP contribution in [0.2, 0.25) is 0 Å². The molecule has 0 aromatic heterocycles. The summed E-state index contributed by atoms with van der Waals surface area (Å²) in [5, 5.41) is 8.55. The van der Waals surface area contributed by atoms with Gasteiger partial charge in [-0.05, 0) is 22.8 Å². The summed E-state index contributed by atoms with van der Waals surface area (Å²) < 4.78 is 0. The quantitative estimate of drug-likeness (QED) is 0.580. The van der Waals surface area contributed by atoms with Crippen LogP contribution in [0.25, 0.3) is 0 Å². The topological polar surface area (TPSA) is 23.8 Å². The minimum atomic E-state index is 0.305. The van der Waals surface area contributed by atoms with E-state index in [1.807, 2.05) is 11.8 Å². The lowest BCUT2D eigenvalue weighted by Crippen LogP contribution is -2.22. The first-order valence-electron chi connectivity index (χ1n) is 3.64. The summed E-state index contributed by atoms with van der Waals surface area (Å²) in [7, 11) is 0. The second kappa shape index (κ2) is 2.84. The molecule has 1 unspecified atom stereocenters. The van der Waals surface area contributed by atoms with Crippen LogP contribution >= 0.6 is 11.8 Å². The van der Waals surface area contributed by atoms with Crippen LogP contribution in [-0.2, 0) is 0 Å². The van der Waals surface area contributed by atoms with Crippen molar-refractivity contribution in [3.8, 4) is 6.07 Å². The number of nitriles is 1. The van der Waals surface area contributed by atoms with Gasteiger partial charge in [-0.3, -0.25) is 0 Å². The summed E-state index contributed by atoms with van der Waals surface area (Å²) in [4.78, 5) is 0. The molecule has 1 rings (SSSR count). The normalized spacial score (nSPS) is 39.5. The van der Waals surface area contributed by atoms with Crippen molar-refractivity contribution in [2.75, 3.05) is 11.5 Å². The monoisotopic (exact) mass is 155 g/mol. The zero-order valence-electron chi connectivity index (χ0n) is 6.55. The smallest absolute Gasteiger partial charge is 0.0627 e. The van der Waals surface area contributed by atoms with Crippen molar-refractivity contribution in [3.63, 3.8) is 0 Å². The Morgan fingerprint density at radius 3 is 2.90 bits per heavy atom. The van der Waals surface area contributed by atoms with Crippen LogP contribution in [0, 0.1) is 22.7 Å². The third-order valence-corrected chi connectivity index (χ3v) is 4.07. The third kappa shape index (κ3) is 1.29. The maximum Gasteiger partial charge on any atom is 0.0627 e. The molecule has 0 bridgehead atoms. The van der Waals surface area contributed by atoms with Gasteiger partial charge in [-0.1, -0.05) is 13.8 Å². The Balaban J connectivity index is 2.58. The highest BCUT2D eigenvalue weighted by atomic mass is 32.2. The molecule has 56 valence electrons. The predicted octanol–water partition coefficient (Wildman–Crippen LogP) is 2.29. The molecular formula is C8H13NS. The van der Waals surface area contributed by atoms with Gasteiger partial charge in [0.15, 0.2) is 0 Å². The van der Waals surface area contributed by atoms with Gasteiger partial charge in [0.2, 0.25) is 0 Å². The van der Waals surface area contributed by atoms with E-state index in [0.29, 0.717) is 5.41 Å². The van der Waals surface area contributed by atoms with Crippen LogP contribution in [0.5, 0.6) is 0 Å². The fourth-order valence-electron chi connectivity index (χ4n) is 1.22. The highest BCUT2D eigenvalue weighted by Gasteiger charge is 2.35. The van der Waals surface area contributed by atoms with Crippen molar-refractivity contribution in [1.82, 2.24) is 0 Å². The zero-order chi connectivity index (χ0) is 7.61. The number of hydrogen-bond acceptors (Lipinski definition) is 2. The molecule has 0 aromatic rings. The fourth-order valence-corrected chi connectivity index (χ4v) is 2.94. The molecule has 0 saturated carbocycles. The molecule has 0 radical (unpaired) electrons. The number of hydrogen-bond donors (Lipinski definition) is 0. The van der Waals surface area contributed by atoms with Gasteiger partial charge in [0.1, 0.15) is 0 Å². The molecular weight excluding hydrogens is 142 g/mol. The van der Waals surface area contributed by atoms with Crippen molar-refractivity contribution in [1.29, 1.82) is 5.26 Å². The summed E-state index contributed by atoms with van der Waals surface area (Å²) in [6, 6.07) is 2.27. The van der Waals surface area contributed by atoms with Gasteiger partial charge in [-0.25, -0.2) is 0 Å². The Labute approximate surface area is 66.8 Å². The summed E-state index contributed by atoms with van der Waals surface area (Å²) in [6.07, 6.45) is 0.723. The fraction of sp³-hybridized carbons (Fsp3) is 0.875. The third-order valence-electron chi connectivity index (χ3n) is 2.47. The van der Waals surface area contributed by atoms with Crippen molar-refractivity contribution in [2.24, 2.45) is 11.3 Å². The lowest BCUT2D eigenvalue weighted by atomic mass is 9.79. The van der Waals surface area contributed by atoms with Crippen molar-refractivity contribution in [2.45, 2.75) is 20.3 Å². The van der Waals surface area contributed by atoms with Crippen LogP contribution in [0.3, 0.4) is 0 Å².